The molecule has 2 amide bonds. The zero-order chi connectivity index (χ0) is 14.3. The van der Waals surface area contributed by atoms with E-state index in [-0.39, 0.29) is 13.1 Å². The summed E-state index contributed by atoms with van der Waals surface area (Å²) >= 11 is 0. The van der Waals surface area contributed by atoms with Gasteiger partial charge >= 0.3 is 11.8 Å². The van der Waals surface area contributed by atoms with Crippen molar-refractivity contribution in [2.75, 3.05) is 13.7 Å². The number of nitrogens with one attached hydrogen (secondary N) is 2. The standard InChI is InChI=1S/C13H18N2O4/c1-9(16)7-14-12(17)13(18)15-8-10-3-5-11(19-2)6-4-10/h3-6,9,16H,7-8H2,1-2H3,(H,14,17)(H,15,18)/t9-/m0/s1. The van der Waals surface area contributed by atoms with Gasteiger partial charge in [-0.05, 0) is 24.6 Å². The van der Waals surface area contributed by atoms with Crippen LogP contribution in [0.25, 0.3) is 0 Å². The van der Waals surface area contributed by atoms with E-state index in [0.717, 1.165) is 11.3 Å². The van der Waals surface area contributed by atoms with Gasteiger partial charge in [0.25, 0.3) is 0 Å². The smallest absolute Gasteiger partial charge is 0.309 e. The third kappa shape index (κ3) is 5.39. The highest BCUT2D eigenvalue weighted by Crippen LogP contribution is 2.10. The van der Waals surface area contributed by atoms with E-state index >= 15 is 0 Å². The second-order valence-corrected chi connectivity index (χ2v) is 4.09. The first-order valence-corrected chi connectivity index (χ1v) is 5.90. The van der Waals surface area contributed by atoms with Crippen molar-refractivity contribution in [1.29, 1.82) is 0 Å². The minimum Gasteiger partial charge on any atom is -0.497 e. The van der Waals surface area contributed by atoms with Gasteiger partial charge in [-0.2, -0.15) is 0 Å². The average molecular weight is 266 g/mol. The van der Waals surface area contributed by atoms with Gasteiger partial charge in [0.05, 0.1) is 13.2 Å². The molecule has 0 bridgehead atoms. The molecule has 0 saturated heterocycles. The summed E-state index contributed by atoms with van der Waals surface area (Å²) in [5, 5.41) is 13.8. The van der Waals surface area contributed by atoms with Crippen LogP contribution in [0.5, 0.6) is 5.75 Å². The van der Waals surface area contributed by atoms with Crippen LogP contribution in [0.15, 0.2) is 24.3 Å². The molecule has 0 unspecified atom stereocenters. The number of aliphatic hydroxyl groups excluding tert-OH is 1. The number of aliphatic hydroxyl groups is 1. The molecule has 1 rings (SSSR count). The molecule has 6 nitrogen and oxygen atoms in total. The molecule has 0 aromatic heterocycles. The van der Waals surface area contributed by atoms with Crippen LogP contribution in [0.3, 0.4) is 0 Å². The summed E-state index contributed by atoms with van der Waals surface area (Å²) in [6.07, 6.45) is -0.682. The van der Waals surface area contributed by atoms with Crippen molar-refractivity contribution in [2.24, 2.45) is 0 Å². The Labute approximate surface area is 111 Å². The number of carbonyl (C=O) groups is 2. The highest BCUT2D eigenvalue weighted by molar-refractivity contribution is 6.35. The molecule has 0 saturated carbocycles. The number of rotatable bonds is 5. The third-order valence-corrected chi connectivity index (χ3v) is 2.38. The molecule has 1 aromatic rings. The molecule has 3 N–H and O–H groups in total. The summed E-state index contributed by atoms with van der Waals surface area (Å²) in [7, 11) is 1.57. The molecule has 0 aliphatic carbocycles. The largest absolute Gasteiger partial charge is 0.497 e. The molecule has 0 radical (unpaired) electrons. The fourth-order valence-corrected chi connectivity index (χ4v) is 1.33. The lowest BCUT2D eigenvalue weighted by atomic mass is 10.2. The van der Waals surface area contributed by atoms with E-state index in [2.05, 4.69) is 10.6 Å². The topological polar surface area (TPSA) is 87.7 Å². The van der Waals surface area contributed by atoms with Gasteiger partial charge in [-0.3, -0.25) is 9.59 Å². The fourth-order valence-electron chi connectivity index (χ4n) is 1.33. The van der Waals surface area contributed by atoms with Crippen LogP contribution in [0.2, 0.25) is 0 Å². The Morgan fingerprint density at radius 1 is 1.21 bits per heavy atom. The Bertz CT molecular complexity index is 429. The monoisotopic (exact) mass is 266 g/mol. The lowest BCUT2D eigenvalue weighted by molar-refractivity contribution is -0.139. The maximum atomic E-state index is 11.4. The van der Waals surface area contributed by atoms with Crippen LogP contribution in [0.1, 0.15) is 12.5 Å². The minimum atomic E-state index is -0.755. The highest BCUT2D eigenvalue weighted by Gasteiger charge is 2.12. The second kappa shape index (κ2) is 7.38. The molecule has 0 fully saturated rings. The van der Waals surface area contributed by atoms with E-state index in [9.17, 15) is 9.59 Å². The maximum absolute atomic E-state index is 11.4. The van der Waals surface area contributed by atoms with E-state index in [1.54, 1.807) is 31.4 Å². The van der Waals surface area contributed by atoms with Crippen molar-refractivity contribution in [3.8, 4) is 5.75 Å². The molecule has 19 heavy (non-hydrogen) atoms. The number of benzene rings is 1. The number of methoxy groups -OCH3 is 1. The number of carbonyl (C=O) groups excluding carboxylic acids is 2. The van der Waals surface area contributed by atoms with E-state index < -0.39 is 17.9 Å². The quantitative estimate of drug-likeness (QED) is 0.645. The predicted molar refractivity (Wildman–Crippen MR) is 69.5 cm³/mol. The molecule has 0 aliphatic rings. The first-order valence-electron chi connectivity index (χ1n) is 5.90. The first kappa shape index (κ1) is 15.0. The number of hydrogen-bond donors (Lipinski definition) is 3. The Balaban J connectivity index is 2.38. The number of amides is 2. The maximum Gasteiger partial charge on any atom is 0.309 e. The van der Waals surface area contributed by atoms with Crippen molar-refractivity contribution in [1.82, 2.24) is 10.6 Å². The van der Waals surface area contributed by atoms with Crippen LogP contribution in [0, 0.1) is 0 Å². The predicted octanol–water partition coefficient (Wildman–Crippen LogP) is -0.192. The van der Waals surface area contributed by atoms with Gasteiger partial charge in [0.2, 0.25) is 0 Å². The van der Waals surface area contributed by atoms with Crippen molar-refractivity contribution in [3.05, 3.63) is 29.8 Å². The van der Waals surface area contributed by atoms with Crippen molar-refractivity contribution in [2.45, 2.75) is 19.6 Å². The first-order chi connectivity index (χ1) is 9.02. The fraction of sp³-hybridized carbons (Fsp3) is 0.385. The molecule has 0 aliphatic heterocycles. The lowest BCUT2D eigenvalue weighted by Crippen LogP contribution is -2.42. The summed E-state index contributed by atoms with van der Waals surface area (Å²) in [6.45, 7) is 1.83. The molecule has 6 heteroatoms. The van der Waals surface area contributed by atoms with Gasteiger partial charge in [0.15, 0.2) is 0 Å². The minimum absolute atomic E-state index is 0.0504. The SMILES string of the molecule is COc1ccc(CNC(=O)C(=O)NC[C@H](C)O)cc1. The Morgan fingerprint density at radius 3 is 2.32 bits per heavy atom. The Kier molecular flexibility index (Phi) is 5.81. The molecule has 0 heterocycles. The van der Waals surface area contributed by atoms with E-state index in [4.69, 9.17) is 9.84 Å². The van der Waals surface area contributed by atoms with Gasteiger partial charge in [-0.25, -0.2) is 0 Å². The van der Waals surface area contributed by atoms with E-state index in [0.29, 0.717) is 0 Å². The second-order valence-electron chi connectivity index (χ2n) is 4.09. The zero-order valence-electron chi connectivity index (χ0n) is 11.0. The van der Waals surface area contributed by atoms with Gasteiger partial charge in [-0.15, -0.1) is 0 Å². The normalized spacial score (nSPS) is 11.5. The van der Waals surface area contributed by atoms with Crippen molar-refractivity contribution in [3.63, 3.8) is 0 Å². The van der Waals surface area contributed by atoms with E-state index in [1.807, 2.05) is 0 Å². The summed E-state index contributed by atoms with van der Waals surface area (Å²) in [4.78, 5) is 22.7. The zero-order valence-corrected chi connectivity index (χ0v) is 11.0. The molecule has 104 valence electrons. The van der Waals surface area contributed by atoms with Crippen molar-refractivity contribution < 1.29 is 19.4 Å². The highest BCUT2D eigenvalue weighted by atomic mass is 16.5. The van der Waals surface area contributed by atoms with Gasteiger partial charge in [0, 0.05) is 13.1 Å². The van der Waals surface area contributed by atoms with Gasteiger partial charge < -0.3 is 20.5 Å². The third-order valence-electron chi connectivity index (χ3n) is 2.38. The van der Waals surface area contributed by atoms with Crippen LogP contribution in [0.4, 0.5) is 0 Å². The molecule has 1 aromatic carbocycles. The Hall–Kier alpha value is -2.08. The van der Waals surface area contributed by atoms with Crippen LogP contribution >= 0.6 is 0 Å². The Morgan fingerprint density at radius 2 is 1.79 bits per heavy atom. The molecular weight excluding hydrogens is 248 g/mol. The van der Waals surface area contributed by atoms with E-state index in [1.165, 1.54) is 6.92 Å². The van der Waals surface area contributed by atoms with Crippen LogP contribution < -0.4 is 15.4 Å². The molecule has 1 atom stereocenters. The summed E-state index contributed by atoms with van der Waals surface area (Å²) in [6, 6.07) is 7.14. The summed E-state index contributed by atoms with van der Waals surface area (Å²) in [5.74, 6) is -0.754. The van der Waals surface area contributed by atoms with Gasteiger partial charge in [0.1, 0.15) is 5.75 Å². The number of hydrogen-bond acceptors (Lipinski definition) is 4. The van der Waals surface area contributed by atoms with Crippen LogP contribution in [-0.4, -0.2) is 36.7 Å². The average Bonchev–Trinajstić information content (AvgIpc) is 2.42. The lowest BCUT2D eigenvalue weighted by Gasteiger charge is -2.08. The van der Waals surface area contributed by atoms with Gasteiger partial charge in [-0.1, -0.05) is 12.1 Å². The molecule has 0 spiro atoms. The summed E-state index contributed by atoms with van der Waals surface area (Å²) < 4.78 is 5.01. The molecular formula is C13H18N2O4. The van der Waals surface area contributed by atoms with Crippen LogP contribution in [-0.2, 0) is 16.1 Å². The van der Waals surface area contributed by atoms with Crippen molar-refractivity contribution >= 4 is 11.8 Å². The summed E-state index contributed by atoms with van der Waals surface area (Å²) in [5.41, 5.74) is 0.859. The number of ether oxygens (including phenoxy) is 1.